The lowest BCUT2D eigenvalue weighted by molar-refractivity contribution is 0.0939. The molecule has 5 nitrogen and oxygen atoms in total. The summed E-state index contributed by atoms with van der Waals surface area (Å²) in [5.74, 6) is 1.22. The van der Waals surface area contributed by atoms with Crippen molar-refractivity contribution < 1.29 is 14.3 Å². The van der Waals surface area contributed by atoms with Crippen LogP contribution in [-0.4, -0.2) is 24.1 Å². The maximum Gasteiger partial charge on any atom is 0.253 e. The fraction of sp³-hybridized carbons (Fsp3) is 0.400. The second-order valence-electron chi connectivity index (χ2n) is 5.97. The lowest BCUT2D eigenvalue weighted by Gasteiger charge is -2.18. The highest BCUT2D eigenvalue weighted by Gasteiger charge is 2.15. The number of amides is 1. The van der Waals surface area contributed by atoms with Gasteiger partial charge in [-0.05, 0) is 49.6 Å². The van der Waals surface area contributed by atoms with Crippen LogP contribution in [0.15, 0.2) is 36.5 Å². The van der Waals surface area contributed by atoms with Gasteiger partial charge in [0.25, 0.3) is 5.91 Å². The number of carbonyl (C=O) groups excluding carboxylic acids is 1. The molecule has 0 aliphatic rings. The van der Waals surface area contributed by atoms with E-state index in [4.69, 9.17) is 21.1 Å². The molecule has 2 aromatic rings. The topological polar surface area (TPSA) is 60.5 Å². The number of nitrogens with zero attached hydrogens (tertiary/aromatic N) is 1. The number of nitrogens with one attached hydrogen (secondary N) is 1. The van der Waals surface area contributed by atoms with Crippen molar-refractivity contribution in [2.45, 2.75) is 39.7 Å². The zero-order chi connectivity index (χ0) is 18.9. The molecule has 2 rings (SSSR count). The highest BCUT2D eigenvalue weighted by atomic mass is 35.5. The van der Waals surface area contributed by atoms with Crippen LogP contribution in [0.5, 0.6) is 11.5 Å². The molecule has 1 heterocycles. The Morgan fingerprint density at radius 2 is 1.81 bits per heavy atom. The molecule has 0 aliphatic heterocycles. The summed E-state index contributed by atoms with van der Waals surface area (Å²) in [6.07, 6.45) is 3.30. The third kappa shape index (κ3) is 5.63. The number of ether oxygens (including phenoxy) is 2. The summed E-state index contributed by atoms with van der Waals surface area (Å²) in [6.45, 7) is 7.29. The van der Waals surface area contributed by atoms with Gasteiger partial charge in [-0.25, -0.2) is 4.98 Å². The van der Waals surface area contributed by atoms with Gasteiger partial charge in [0.05, 0.1) is 24.8 Å². The van der Waals surface area contributed by atoms with E-state index in [-0.39, 0.29) is 11.9 Å². The van der Waals surface area contributed by atoms with Crippen LogP contribution in [0, 0.1) is 0 Å². The molecule has 0 saturated heterocycles. The zero-order valence-corrected chi connectivity index (χ0v) is 16.2. The van der Waals surface area contributed by atoms with Crippen LogP contribution in [-0.2, 0) is 0 Å². The second-order valence-corrected chi connectivity index (χ2v) is 6.36. The predicted octanol–water partition coefficient (Wildman–Crippen LogP) is 4.80. The van der Waals surface area contributed by atoms with Crippen molar-refractivity contribution in [2.24, 2.45) is 0 Å². The van der Waals surface area contributed by atoms with E-state index in [0.29, 0.717) is 29.7 Å². The molecular formula is C20H25ClN2O3. The number of benzene rings is 1. The number of rotatable bonds is 9. The summed E-state index contributed by atoms with van der Waals surface area (Å²) < 4.78 is 11.6. The fourth-order valence-electron chi connectivity index (χ4n) is 2.32. The van der Waals surface area contributed by atoms with Crippen molar-refractivity contribution in [3.8, 4) is 11.5 Å². The highest BCUT2D eigenvalue weighted by molar-refractivity contribution is 6.29. The minimum Gasteiger partial charge on any atom is -0.490 e. The number of pyridine rings is 1. The Labute approximate surface area is 159 Å². The quantitative estimate of drug-likeness (QED) is 0.638. The molecule has 1 atom stereocenters. The van der Waals surface area contributed by atoms with E-state index in [0.717, 1.165) is 24.2 Å². The van der Waals surface area contributed by atoms with E-state index in [1.165, 1.54) is 6.20 Å². The maximum absolute atomic E-state index is 12.4. The highest BCUT2D eigenvalue weighted by Crippen LogP contribution is 2.31. The van der Waals surface area contributed by atoms with Gasteiger partial charge in [0, 0.05) is 6.20 Å². The van der Waals surface area contributed by atoms with Gasteiger partial charge in [0.1, 0.15) is 5.15 Å². The molecule has 0 radical (unpaired) electrons. The summed E-state index contributed by atoms with van der Waals surface area (Å²) in [4.78, 5) is 16.3. The molecule has 1 N–H and O–H groups in total. The summed E-state index contributed by atoms with van der Waals surface area (Å²) in [6, 6.07) is 8.80. The number of hydrogen-bond donors (Lipinski definition) is 1. The van der Waals surface area contributed by atoms with Gasteiger partial charge in [0.15, 0.2) is 11.5 Å². The van der Waals surface area contributed by atoms with Gasteiger partial charge in [-0.1, -0.05) is 31.5 Å². The molecule has 1 unspecified atom stereocenters. The standard InChI is InChI=1S/C20H25ClN2O3/c1-4-10-25-17-8-6-15(12-18(17)26-11-5-2)14(3)23-20(24)16-7-9-19(21)22-13-16/h6-9,12-14H,4-5,10-11H2,1-3H3,(H,23,24). The molecular weight excluding hydrogens is 352 g/mol. The average Bonchev–Trinajstić information content (AvgIpc) is 2.65. The SMILES string of the molecule is CCCOc1ccc(C(C)NC(=O)c2ccc(Cl)nc2)cc1OCCC. The van der Waals surface area contributed by atoms with E-state index in [1.807, 2.05) is 25.1 Å². The molecule has 1 aromatic heterocycles. The van der Waals surface area contributed by atoms with E-state index >= 15 is 0 Å². The van der Waals surface area contributed by atoms with Crippen LogP contribution in [0.1, 0.15) is 55.6 Å². The molecule has 1 aromatic carbocycles. The molecule has 140 valence electrons. The Kier molecular flexibility index (Phi) is 7.73. The second kappa shape index (κ2) is 10.0. The first kappa shape index (κ1) is 20.0. The average molecular weight is 377 g/mol. The summed E-state index contributed by atoms with van der Waals surface area (Å²) in [7, 11) is 0. The first-order valence-corrected chi connectivity index (χ1v) is 9.24. The Hall–Kier alpha value is -2.27. The van der Waals surface area contributed by atoms with Crippen molar-refractivity contribution in [3.63, 3.8) is 0 Å². The largest absolute Gasteiger partial charge is 0.490 e. The number of aromatic nitrogens is 1. The fourth-order valence-corrected chi connectivity index (χ4v) is 2.44. The molecule has 0 saturated carbocycles. The number of halogens is 1. The van der Waals surface area contributed by atoms with Gasteiger partial charge in [0.2, 0.25) is 0 Å². The smallest absolute Gasteiger partial charge is 0.253 e. The molecule has 1 amide bonds. The van der Waals surface area contributed by atoms with Gasteiger partial charge in [-0.2, -0.15) is 0 Å². The van der Waals surface area contributed by atoms with Crippen molar-refractivity contribution in [2.75, 3.05) is 13.2 Å². The number of carbonyl (C=O) groups is 1. The van der Waals surface area contributed by atoms with Gasteiger partial charge >= 0.3 is 0 Å². The minimum absolute atomic E-state index is 0.192. The first-order chi connectivity index (χ1) is 12.5. The molecule has 6 heteroatoms. The van der Waals surface area contributed by atoms with Gasteiger partial charge in [-0.15, -0.1) is 0 Å². The lowest BCUT2D eigenvalue weighted by Crippen LogP contribution is -2.26. The Morgan fingerprint density at radius 1 is 1.12 bits per heavy atom. The van der Waals surface area contributed by atoms with Crippen molar-refractivity contribution in [1.29, 1.82) is 0 Å². The summed E-state index contributed by atoms with van der Waals surface area (Å²) in [5, 5.41) is 3.32. The molecule has 26 heavy (non-hydrogen) atoms. The zero-order valence-electron chi connectivity index (χ0n) is 15.4. The van der Waals surface area contributed by atoms with Crippen LogP contribution in [0.3, 0.4) is 0 Å². The first-order valence-electron chi connectivity index (χ1n) is 8.87. The maximum atomic E-state index is 12.4. The predicted molar refractivity (Wildman–Crippen MR) is 103 cm³/mol. The Balaban J connectivity index is 2.12. The Bertz CT molecular complexity index is 719. The van der Waals surface area contributed by atoms with Crippen LogP contribution in [0.25, 0.3) is 0 Å². The van der Waals surface area contributed by atoms with Crippen LogP contribution < -0.4 is 14.8 Å². The summed E-state index contributed by atoms with van der Waals surface area (Å²) >= 11 is 5.76. The Morgan fingerprint density at radius 3 is 2.42 bits per heavy atom. The van der Waals surface area contributed by atoms with E-state index < -0.39 is 0 Å². The van der Waals surface area contributed by atoms with Crippen LogP contribution in [0.4, 0.5) is 0 Å². The molecule has 0 spiro atoms. The molecule has 0 bridgehead atoms. The third-order valence-corrected chi connectivity index (χ3v) is 3.95. The van der Waals surface area contributed by atoms with Crippen molar-refractivity contribution >= 4 is 17.5 Å². The monoisotopic (exact) mass is 376 g/mol. The lowest BCUT2D eigenvalue weighted by atomic mass is 10.1. The minimum atomic E-state index is -0.205. The number of hydrogen-bond acceptors (Lipinski definition) is 4. The van der Waals surface area contributed by atoms with Crippen LogP contribution in [0.2, 0.25) is 5.15 Å². The van der Waals surface area contributed by atoms with E-state index in [2.05, 4.69) is 24.1 Å². The van der Waals surface area contributed by atoms with E-state index in [1.54, 1.807) is 12.1 Å². The summed E-state index contributed by atoms with van der Waals surface area (Å²) in [5.41, 5.74) is 1.40. The van der Waals surface area contributed by atoms with Gasteiger partial charge in [-0.3, -0.25) is 4.79 Å². The normalized spacial score (nSPS) is 11.7. The van der Waals surface area contributed by atoms with Crippen LogP contribution >= 0.6 is 11.6 Å². The molecule has 0 aliphatic carbocycles. The van der Waals surface area contributed by atoms with Crippen molar-refractivity contribution in [3.05, 3.63) is 52.8 Å². The third-order valence-electron chi connectivity index (χ3n) is 3.73. The van der Waals surface area contributed by atoms with E-state index in [9.17, 15) is 4.79 Å². The van der Waals surface area contributed by atoms with Crippen molar-refractivity contribution in [1.82, 2.24) is 10.3 Å². The van der Waals surface area contributed by atoms with Gasteiger partial charge < -0.3 is 14.8 Å². The molecule has 0 fully saturated rings.